The van der Waals surface area contributed by atoms with E-state index in [0.717, 1.165) is 15.3 Å². The summed E-state index contributed by atoms with van der Waals surface area (Å²) in [5, 5.41) is 0. The Morgan fingerprint density at radius 2 is 2.28 bits per heavy atom. The molecule has 0 unspecified atom stereocenters. The fraction of sp³-hybridized carbons (Fsp3) is 0.417. The quantitative estimate of drug-likeness (QED) is 0.851. The van der Waals surface area contributed by atoms with E-state index in [1.807, 2.05) is 6.92 Å². The largest absolute Gasteiger partial charge is 0.335 e. The highest BCUT2D eigenvalue weighted by Crippen LogP contribution is 2.22. The van der Waals surface area contributed by atoms with Crippen LogP contribution in [0.2, 0.25) is 0 Å². The van der Waals surface area contributed by atoms with Gasteiger partial charge in [0, 0.05) is 7.05 Å². The van der Waals surface area contributed by atoms with Gasteiger partial charge in [-0.2, -0.15) is 0 Å². The molecule has 1 aromatic rings. The number of hydrogen-bond acceptors (Lipinski definition) is 3. The molecule has 0 saturated carbocycles. The number of carbonyl (C=O) groups is 1. The Balaban J connectivity index is 2.87. The summed E-state index contributed by atoms with van der Waals surface area (Å²) in [6.07, 6.45) is -2.53. The molecule has 1 amide bonds. The van der Waals surface area contributed by atoms with Crippen LogP contribution in [-0.4, -0.2) is 37.4 Å². The third-order valence-electron chi connectivity index (χ3n) is 2.19. The molecule has 0 aliphatic heterocycles. The van der Waals surface area contributed by atoms with Crippen LogP contribution < -0.4 is 5.73 Å². The third kappa shape index (κ3) is 3.79. The maximum atomic E-state index is 12.2. The second-order valence-corrected chi connectivity index (χ2v) is 4.76. The number of carbonyl (C=O) groups excluding carboxylic acids is 1. The van der Waals surface area contributed by atoms with Crippen LogP contribution in [0.1, 0.15) is 20.1 Å². The maximum Gasteiger partial charge on any atom is 0.263 e. The summed E-state index contributed by atoms with van der Waals surface area (Å²) in [6, 6.07) is 1.66. The molecule has 0 aliphatic carbocycles. The highest BCUT2D eigenvalue weighted by atomic mass is 32.1. The molecule has 0 fully saturated rings. The highest BCUT2D eigenvalue weighted by Gasteiger charge is 2.18. The molecule has 0 aliphatic rings. The lowest BCUT2D eigenvalue weighted by Crippen LogP contribution is -2.30. The number of nitrogens with two attached hydrogens (primary N) is 1. The Morgan fingerprint density at radius 1 is 1.61 bits per heavy atom. The molecule has 0 saturated heterocycles. The number of hydrogen-bond donors (Lipinski definition) is 1. The first-order valence-corrected chi connectivity index (χ1v) is 6.10. The number of thiophene rings is 1. The van der Waals surface area contributed by atoms with Crippen LogP contribution in [0.4, 0.5) is 8.78 Å². The minimum Gasteiger partial charge on any atom is -0.335 e. The van der Waals surface area contributed by atoms with E-state index in [1.165, 1.54) is 18.4 Å². The molecule has 0 bridgehead atoms. The molecule has 0 spiro atoms. The van der Waals surface area contributed by atoms with Crippen LogP contribution in [0.5, 0.6) is 0 Å². The first-order valence-electron chi connectivity index (χ1n) is 5.28. The van der Waals surface area contributed by atoms with Gasteiger partial charge in [0.1, 0.15) is 0 Å². The standard InChI is InChI=1S/C12H14F2N2OS/c1-8-6-10(18-9(8)4-3-5-15)12(17)16(2)7-11(13)14/h6,11H,5,7,15H2,1-2H3. The number of halogens is 2. The predicted molar refractivity (Wildman–Crippen MR) is 68.0 cm³/mol. The van der Waals surface area contributed by atoms with Crippen molar-refractivity contribution < 1.29 is 13.6 Å². The summed E-state index contributed by atoms with van der Waals surface area (Å²) in [6.45, 7) is 1.49. The Bertz CT molecular complexity index is 488. The maximum absolute atomic E-state index is 12.2. The van der Waals surface area contributed by atoms with Crippen molar-refractivity contribution in [3.8, 4) is 11.8 Å². The van der Waals surface area contributed by atoms with Crippen molar-refractivity contribution >= 4 is 17.2 Å². The number of rotatable bonds is 3. The number of alkyl halides is 2. The van der Waals surface area contributed by atoms with Gasteiger partial charge in [0.05, 0.1) is 22.8 Å². The van der Waals surface area contributed by atoms with Crippen LogP contribution in [0.3, 0.4) is 0 Å². The van der Waals surface area contributed by atoms with Gasteiger partial charge in [0.2, 0.25) is 0 Å². The monoisotopic (exact) mass is 272 g/mol. The van der Waals surface area contributed by atoms with Crippen LogP contribution in [-0.2, 0) is 0 Å². The van der Waals surface area contributed by atoms with E-state index in [4.69, 9.17) is 5.73 Å². The van der Waals surface area contributed by atoms with E-state index in [2.05, 4.69) is 11.8 Å². The van der Waals surface area contributed by atoms with Gasteiger partial charge >= 0.3 is 0 Å². The molecular formula is C12H14F2N2OS. The van der Waals surface area contributed by atoms with E-state index in [-0.39, 0.29) is 6.54 Å². The molecule has 1 rings (SSSR count). The summed E-state index contributed by atoms with van der Waals surface area (Å²) in [5.74, 6) is 5.14. The van der Waals surface area contributed by atoms with Gasteiger partial charge < -0.3 is 10.6 Å². The second kappa shape index (κ2) is 6.47. The van der Waals surface area contributed by atoms with Crippen molar-refractivity contribution in [3.05, 3.63) is 21.4 Å². The summed E-state index contributed by atoms with van der Waals surface area (Å²) in [5.41, 5.74) is 6.12. The van der Waals surface area contributed by atoms with Crippen molar-refractivity contribution in [2.75, 3.05) is 20.1 Å². The molecule has 2 N–H and O–H groups in total. The van der Waals surface area contributed by atoms with Gasteiger partial charge in [-0.1, -0.05) is 11.8 Å². The van der Waals surface area contributed by atoms with Crippen molar-refractivity contribution in [1.82, 2.24) is 4.90 Å². The molecule has 6 heteroatoms. The lowest BCUT2D eigenvalue weighted by atomic mass is 10.2. The number of nitrogens with zero attached hydrogens (tertiary/aromatic N) is 1. The zero-order chi connectivity index (χ0) is 13.7. The van der Waals surface area contributed by atoms with Crippen molar-refractivity contribution in [2.24, 2.45) is 5.73 Å². The van der Waals surface area contributed by atoms with Gasteiger partial charge in [-0.15, -0.1) is 11.3 Å². The van der Waals surface area contributed by atoms with E-state index in [0.29, 0.717) is 4.88 Å². The Hall–Kier alpha value is -1.45. The molecule has 98 valence electrons. The number of amides is 1. The lowest BCUT2D eigenvalue weighted by molar-refractivity contribution is 0.0624. The van der Waals surface area contributed by atoms with E-state index < -0.39 is 18.9 Å². The smallest absolute Gasteiger partial charge is 0.263 e. The topological polar surface area (TPSA) is 46.3 Å². The predicted octanol–water partition coefficient (Wildman–Crippen LogP) is 1.70. The van der Waals surface area contributed by atoms with E-state index in [9.17, 15) is 13.6 Å². The first kappa shape index (κ1) is 14.6. The molecule has 1 heterocycles. The average Bonchev–Trinajstić information content (AvgIpc) is 2.66. The van der Waals surface area contributed by atoms with Gasteiger partial charge in [-0.25, -0.2) is 8.78 Å². The molecule has 3 nitrogen and oxygen atoms in total. The highest BCUT2D eigenvalue weighted by molar-refractivity contribution is 7.14. The van der Waals surface area contributed by atoms with Crippen molar-refractivity contribution in [3.63, 3.8) is 0 Å². The fourth-order valence-corrected chi connectivity index (χ4v) is 2.36. The van der Waals surface area contributed by atoms with Gasteiger partial charge in [0.25, 0.3) is 12.3 Å². The third-order valence-corrected chi connectivity index (χ3v) is 3.33. The minimum absolute atomic E-state index is 0.242. The Morgan fingerprint density at radius 3 is 2.83 bits per heavy atom. The van der Waals surface area contributed by atoms with Crippen LogP contribution in [0.15, 0.2) is 6.07 Å². The lowest BCUT2D eigenvalue weighted by Gasteiger charge is -2.14. The second-order valence-electron chi connectivity index (χ2n) is 3.71. The molecule has 0 aromatic carbocycles. The SMILES string of the molecule is Cc1cc(C(=O)N(C)CC(F)F)sc1C#CCN. The summed E-state index contributed by atoms with van der Waals surface area (Å²) >= 11 is 1.20. The van der Waals surface area contributed by atoms with E-state index in [1.54, 1.807) is 6.07 Å². The molecule has 0 radical (unpaired) electrons. The fourth-order valence-electron chi connectivity index (χ4n) is 1.32. The summed E-state index contributed by atoms with van der Waals surface area (Å²) < 4.78 is 24.4. The zero-order valence-electron chi connectivity index (χ0n) is 10.2. The Kier molecular flexibility index (Phi) is 5.25. The summed E-state index contributed by atoms with van der Waals surface area (Å²) in [7, 11) is 1.36. The average molecular weight is 272 g/mol. The van der Waals surface area contributed by atoms with Crippen LogP contribution in [0.25, 0.3) is 0 Å². The van der Waals surface area contributed by atoms with Gasteiger partial charge in [-0.3, -0.25) is 4.79 Å². The molecule has 1 aromatic heterocycles. The summed E-state index contributed by atoms with van der Waals surface area (Å²) in [4.78, 5) is 14.0. The normalized spacial score (nSPS) is 10.1. The zero-order valence-corrected chi connectivity index (χ0v) is 11.0. The molecular weight excluding hydrogens is 258 g/mol. The van der Waals surface area contributed by atoms with Crippen molar-refractivity contribution in [1.29, 1.82) is 0 Å². The minimum atomic E-state index is -2.53. The van der Waals surface area contributed by atoms with Crippen LogP contribution in [0, 0.1) is 18.8 Å². The number of aryl methyl sites for hydroxylation is 1. The van der Waals surface area contributed by atoms with Gasteiger partial charge in [0.15, 0.2) is 0 Å². The van der Waals surface area contributed by atoms with E-state index >= 15 is 0 Å². The molecule has 18 heavy (non-hydrogen) atoms. The van der Waals surface area contributed by atoms with Crippen molar-refractivity contribution in [2.45, 2.75) is 13.3 Å². The van der Waals surface area contributed by atoms with Gasteiger partial charge in [-0.05, 0) is 18.6 Å². The van der Waals surface area contributed by atoms with Crippen LogP contribution >= 0.6 is 11.3 Å². The first-order chi connectivity index (χ1) is 8.45. The molecule has 0 atom stereocenters. The Labute approximate surface area is 109 Å².